The van der Waals surface area contributed by atoms with E-state index in [9.17, 15) is 0 Å². The Morgan fingerprint density at radius 2 is 1.95 bits per heavy atom. The number of ether oxygens (including phenoxy) is 1. The van der Waals surface area contributed by atoms with Crippen LogP contribution in [0.1, 0.15) is 22.1 Å². The Hall–Kier alpha value is -1.64. The first-order chi connectivity index (χ1) is 9.90. The van der Waals surface area contributed by atoms with Crippen LogP contribution in [0.4, 0.5) is 0 Å². The fourth-order valence-electron chi connectivity index (χ4n) is 2.95. The molecular formula is C18H16OS. The molecule has 1 aliphatic rings. The number of thiophene rings is 1. The summed E-state index contributed by atoms with van der Waals surface area (Å²) in [6.45, 7) is 0.849. The maximum atomic E-state index is 5.99. The van der Waals surface area contributed by atoms with Crippen molar-refractivity contribution in [3.05, 3.63) is 69.9 Å². The second kappa shape index (κ2) is 5.04. The van der Waals surface area contributed by atoms with E-state index in [0.29, 0.717) is 0 Å². The summed E-state index contributed by atoms with van der Waals surface area (Å²) in [5.74, 6) is 0. The second-order valence-electron chi connectivity index (χ2n) is 5.31. The minimum absolute atomic E-state index is 0.236. The van der Waals surface area contributed by atoms with Crippen LogP contribution in [0.25, 0.3) is 10.8 Å². The highest BCUT2D eigenvalue weighted by atomic mass is 32.1. The first-order valence-electron chi connectivity index (χ1n) is 7.06. The van der Waals surface area contributed by atoms with Crippen LogP contribution in [0.3, 0.4) is 0 Å². The van der Waals surface area contributed by atoms with Gasteiger partial charge in [-0.1, -0.05) is 42.5 Å². The van der Waals surface area contributed by atoms with Gasteiger partial charge in [0.2, 0.25) is 0 Å². The standard InChI is InChI=1S/C18H16OS/c1-2-4-16-11-13(5-6-14(16)3-1)12-17-18-15(7-9-19-17)8-10-20-18/h1-6,8,10-11,17H,7,9,12H2/t17-/m0/s1. The zero-order chi connectivity index (χ0) is 13.4. The summed E-state index contributed by atoms with van der Waals surface area (Å²) >= 11 is 1.83. The fourth-order valence-corrected chi connectivity index (χ4v) is 3.96. The lowest BCUT2D eigenvalue weighted by molar-refractivity contribution is 0.0458. The summed E-state index contributed by atoms with van der Waals surface area (Å²) in [6, 6.07) is 17.5. The zero-order valence-electron chi connectivity index (χ0n) is 11.2. The van der Waals surface area contributed by atoms with E-state index in [-0.39, 0.29) is 6.10 Å². The molecule has 0 spiro atoms. The van der Waals surface area contributed by atoms with Gasteiger partial charge in [0.15, 0.2) is 0 Å². The first-order valence-corrected chi connectivity index (χ1v) is 7.94. The van der Waals surface area contributed by atoms with Gasteiger partial charge in [0.05, 0.1) is 12.7 Å². The molecule has 0 saturated heterocycles. The molecule has 0 radical (unpaired) electrons. The maximum Gasteiger partial charge on any atom is 0.0959 e. The van der Waals surface area contributed by atoms with Gasteiger partial charge < -0.3 is 4.74 Å². The molecule has 20 heavy (non-hydrogen) atoms. The van der Waals surface area contributed by atoms with Crippen LogP contribution in [0.2, 0.25) is 0 Å². The van der Waals surface area contributed by atoms with Crippen LogP contribution in [-0.2, 0) is 17.6 Å². The highest BCUT2D eigenvalue weighted by Crippen LogP contribution is 2.34. The van der Waals surface area contributed by atoms with Crippen molar-refractivity contribution >= 4 is 22.1 Å². The Balaban J connectivity index is 1.65. The van der Waals surface area contributed by atoms with Crippen molar-refractivity contribution in [3.63, 3.8) is 0 Å². The number of rotatable bonds is 2. The molecular weight excluding hydrogens is 264 g/mol. The third-order valence-electron chi connectivity index (χ3n) is 4.00. The Morgan fingerprint density at radius 1 is 1.05 bits per heavy atom. The molecule has 0 aliphatic carbocycles. The second-order valence-corrected chi connectivity index (χ2v) is 6.25. The normalized spacial score (nSPS) is 18.1. The summed E-state index contributed by atoms with van der Waals surface area (Å²) in [5.41, 5.74) is 2.84. The molecule has 0 saturated carbocycles. The van der Waals surface area contributed by atoms with Crippen LogP contribution < -0.4 is 0 Å². The summed E-state index contributed by atoms with van der Waals surface area (Å²) < 4.78 is 5.99. The Bertz CT molecular complexity index is 744. The molecule has 1 nitrogen and oxygen atoms in total. The Kier molecular flexibility index (Phi) is 3.06. The molecule has 0 N–H and O–H groups in total. The molecule has 1 aliphatic heterocycles. The lowest BCUT2D eigenvalue weighted by atomic mass is 9.99. The van der Waals surface area contributed by atoms with Crippen molar-refractivity contribution in [3.8, 4) is 0 Å². The van der Waals surface area contributed by atoms with E-state index in [0.717, 1.165) is 19.4 Å². The number of benzene rings is 2. The molecule has 4 rings (SSSR count). The van der Waals surface area contributed by atoms with Crippen molar-refractivity contribution < 1.29 is 4.74 Å². The molecule has 3 aromatic rings. The molecule has 0 amide bonds. The van der Waals surface area contributed by atoms with Crippen molar-refractivity contribution in [1.82, 2.24) is 0 Å². The fraction of sp³-hybridized carbons (Fsp3) is 0.222. The molecule has 0 fully saturated rings. The summed E-state index contributed by atoms with van der Waals surface area (Å²) in [7, 11) is 0. The zero-order valence-corrected chi connectivity index (χ0v) is 12.0. The number of hydrogen-bond acceptors (Lipinski definition) is 2. The average Bonchev–Trinajstić information content (AvgIpc) is 2.97. The summed E-state index contributed by atoms with van der Waals surface area (Å²) in [6.07, 6.45) is 2.27. The van der Waals surface area contributed by atoms with Crippen molar-refractivity contribution in [2.45, 2.75) is 18.9 Å². The lowest BCUT2D eigenvalue weighted by Gasteiger charge is -2.23. The molecule has 100 valence electrons. The van der Waals surface area contributed by atoms with Crippen LogP contribution in [0.15, 0.2) is 53.9 Å². The average molecular weight is 280 g/mol. The topological polar surface area (TPSA) is 9.23 Å². The molecule has 1 aromatic heterocycles. The highest BCUT2D eigenvalue weighted by Gasteiger charge is 2.22. The summed E-state index contributed by atoms with van der Waals surface area (Å²) in [5, 5.41) is 4.80. The van der Waals surface area contributed by atoms with Gasteiger partial charge in [-0.2, -0.15) is 0 Å². The van der Waals surface area contributed by atoms with E-state index in [1.54, 1.807) is 0 Å². The largest absolute Gasteiger partial charge is 0.372 e. The van der Waals surface area contributed by atoms with Gasteiger partial charge in [0, 0.05) is 11.3 Å². The van der Waals surface area contributed by atoms with Gasteiger partial charge in [0.25, 0.3) is 0 Å². The molecule has 0 unspecified atom stereocenters. The highest BCUT2D eigenvalue weighted by molar-refractivity contribution is 7.10. The Labute approximate surface area is 122 Å². The van der Waals surface area contributed by atoms with Gasteiger partial charge in [-0.25, -0.2) is 0 Å². The SMILES string of the molecule is c1ccc2cc(C[C@@H]3OCCc4ccsc43)ccc2c1. The van der Waals surface area contributed by atoms with Gasteiger partial charge in [-0.05, 0) is 39.8 Å². The monoisotopic (exact) mass is 280 g/mol. The molecule has 1 atom stereocenters. The van der Waals surface area contributed by atoms with Crippen LogP contribution in [0.5, 0.6) is 0 Å². The van der Waals surface area contributed by atoms with Gasteiger partial charge in [-0.3, -0.25) is 0 Å². The van der Waals surface area contributed by atoms with Crippen molar-refractivity contribution in [2.24, 2.45) is 0 Å². The predicted molar refractivity (Wildman–Crippen MR) is 84.4 cm³/mol. The van der Waals surface area contributed by atoms with E-state index >= 15 is 0 Å². The van der Waals surface area contributed by atoms with Gasteiger partial charge in [0.1, 0.15) is 0 Å². The number of hydrogen-bond donors (Lipinski definition) is 0. The van der Waals surface area contributed by atoms with Crippen molar-refractivity contribution in [2.75, 3.05) is 6.61 Å². The Morgan fingerprint density at radius 3 is 2.90 bits per heavy atom. The minimum Gasteiger partial charge on any atom is -0.372 e. The summed E-state index contributed by atoms with van der Waals surface area (Å²) in [4.78, 5) is 1.42. The quantitative estimate of drug-likeness (QED) is 0.657. The molecule has 2 heteroatoms. The lowest BCUT2D eigenvalue weighted by Crippen LogP contribution is -2.15. The minimum atomic E-state index is 0.236. The van der Waals surface area contributed by atoms with Crippen LogP contribution in [0, 0.1) is 0 Å². The third kappa shape index (κ3) is 2.15. The molecule has 2 heterocycles. The van der Waals surface area contributed by atoms with Gasteiger partial charge >= 0.3 is 0 Å². The molecule has 2 aromatic carbocycles. The van der Waals surface area contributed by atoms with E-state index < -0.39 is 0 Å². The first kappa shape index (κ1) is 12.1. The van der Waals surface area contributed by atoms with E-state index in [2.05, 4.69) is 53.9 Å². The van der Waals surface area contributed by atoms with Gasteiger partial charge in [-0.15, -0.1) is 11.3 Å². The van der Waals surface area contributed by atoms with E-state index in [1.807, 2.05) is 11.3 Å². The van der Waals surface area contributed by atoms with E-state index in [4.69, 9.17) is 4.74 Å². The smallest absolute Gasteiger partial charge is 0.0959 e. The van der Waals surface area contributed by atoms with Crippen LogP contribution in [-0.4, -0.2) is 6.61 Å². The third-order valence-corrected chi connectivity index (χ3v) is 5.05. The predicted octanol–water partition coefficient (Wildman–Crippen LogP) is 4.76. The number of fused-ring (bicyclic) bond motifs is 2. The van der Waals surface area contributed by atoms with E-state index in [1.165, 1.54) is 26.8 Å². The van der Waals surface area contributed by atoms with Crippen molar-refractivity contribution in [1.29, 1.82) is 0 Å². The van der Waals surface area contributed by atoms with Crippen LogP contribution >= 0.6 is 11.3 Å². The maximum absolute atomic E-state index is 5.99. The molecule has 0 bridgehead atoms.